The van der Waals surface area contributed by atoms with Crippen molar-refractivity contribution < 1.29 is 14.3 Å². The molecular formula is C19H21N3O3S2. The van der Waals surface area contributed by atoms with Gasteiger partial charge in [-0.3, -0.25) is 4.79 Å². The Bertz CT molecular complexity index is 905. The van der Waals surface area contributed by atoms with Crippen molar-refractivity contribution in [3.8, 4) is 5.75 Å². The van der Waals surface area contributed by atoms with E-state index in [1.807, 2.05) is 12.1 Å². The van der Waals surface area contributed by atoms with E-state index in [2.05, 4.69) is 29.1 Å². The van der Waals surface area contributed by atoms with Gasteiger partial charge in [-0.15, -0.1) is 11.8 Å². The summed E-state index contributed by atoms with van der Waals surface area (Å²) in [5, 5.41) is 13.1. The van der Waals surface area contributed by atoms with Crippen LogP contribution in [0.4, 0.5) is 5.13 Å². The number of nitrogens with zero attached hydrogens (tertiary/aromatic N) is 2. The number of carbonyl (C=O) groups is 1. The Morgan fingerprint density at radius 2 is 2.11 bits per heavy atom. The van der Waals surface area contributed by atoms with Crippen molar-refractivity contribution in [2.24, 2.45) is 0 Å². The SMILES string of the molecule is CC(C)c1cnc(CSc2cnc(NC(=O)CCc3ccccc3O)s2)o1. The fraction of sp³-hybridized carbons (Fsp3) is 0.316. The predicted octanol–water partition coefficient (Wildman–Crippen LogP) is 4.82. The van der Waals surface area contributed by atoms with Gasteiger partial charge in [0, 0.05) is 12.3 Å². The quantitative estimate of drug-likeness (QED) is 0.524. The van der Waals surface area contributed by atoms with Crippen molar-refractivity contribution in [1.82, 2.24) is 9.97 Å². The first-order valence-corrected chi connectivity index (χ1v) is 10.4. The number of aromatic hydroxyl groups is 1. The van der Waals surface area contributed by atoms with Crippen molar-refractivity contribution >= 4 is 34.1 Å². The third-order valence-corrected chi connectivity index (χ3v) is 5.91. The lowest BCUT2D eigenvalue weighted by atomic mass is 10.1. The Labute approximate surface area is 166 Å². The molecule has 2 heterocycles. The highest BCUT2D eigenvalue weighted by atomic mass is 32.2. The number of hydrogen-bond acceptors (Lipinski definition) is 7. The minimum atomic E-state index is -0.126. The van der Waals surface area contributed by atoms with Crippen LogP contribution in [0, 0.1) is 0 Å². The van der Waals surface area contributed by atoms with Gasteiger partial charge in [0.25, 0.3) is 0 Å². The monoisotopic (exact) mass is 403 g/mol. The van der Waals surface area contributed by atoms with Crippen LogP contribution in [-0.4, -0.2) is 21.0 Å². The molecule has 1 amide bonds. The van der Waals surface area contributed by atoms with E-state index < -0.39 is 0 Å². The number of nitrogens with one attached hydrogen (secondary N) is 1. The number of amides is 1. The number of phenolic OH excluding ortho intramolecular Hbond substituents is 1. The van der Waals surface area contributed by atoms with E-state index in [0.717, 1.165) is 15.5 Å². The molecule has 0 fully saturated rings. The van der Waals surface area contributed by atoms with Gasteiger partial charge in [0.1, 0.15) is 11.5 Å². The molecule has 8 heteroatoms. The van der Waals surface area contributed by atoms with Crippen LogP contribution < -0.4 is 5.32 Å². The van der Waals surface area contributed by atoms with Crippen LogP contribution in [0.25, 0.3) is 0 Å². The van der Waals surface area contributed by atoms with Crippen molar-refractivity contribution in [3.05, 3.63) is 53.9 Å². The largest absolute Gasteiger partial charge is 0.508 e. The van der Waals surface area contributed by atoms with Crippen molar-refractivity contribution in [2.75, 3.05) is 5.32 Å². The van der Waals surface area contributed by atoms with E-state index in [1.165, 1.54) is 11.3 Å². The average Bonchev–Trinajstić information content (AvgIpc) is 3.28. The summed E-state index contributed by atoms with van der Waals surface area (Å²) >= 11 is 2.99. The standard InChI is InChI=1S/C19H21N3O3S2/c1-12(2)15-9-20-17(25-15)11-26-18-10-21-19(27-18)22-16(24)8-7-13-5-3-4-6-14(13)23/h3-6,9-10,12,23H,7-8,11H2,1-2H3,(H,21,22,24). The van der Waals surface area contributed by atoms with E-state index in [9.17, 15) is 9.90 Å². The maximum Gasteiger partial charge on any atom is 0.226 e. The highest BCUT2D eigenvalue weighted by Crippen LogP contribution is 2.31. The zero-order chi connectivity index (χ0) is 19.2. The van der Waals surface area contributed by atoms with E-state index in [-0.39, 0.29) is 18.1 Å². The van der Waals surface area contributed by atoms with Gasteiger partial charge in [-0.1, -0.05) is 43.4 Å². The van der Waals surface area contributed by atoms with Crippen molar-refractivity contribution in [1.29, 1.82) is 0 Å². The molecule has 0 atom stereocenters. The van der Waals surface area contributed by atoms with Crippen LogP contribution >= 0.6 is 23.1 Å². The summed E-state index contributed by atoms with van der Waals surface area (Å²) in [5.41, 5.74) is 0.759. The Morgan fingerprint density at radius 1 is 1.30 bits per heavy atom. The minimum absolute atomic E-state index is 0.126. The molecule has 0 radical (unpaired) electrons. The molecule has 0 aliphatic heterocycles. The van der Waals surface area contributed by atoms with Crippen LogP contribution in [0.1, 0.15) is 43.4 Å². The smallest absolute Gasteiger partial charge is 0.226 e. The van der Waals surface area contributed by atoms with Crippen LogP contribution in [-0.2, 0) is 17.0 Å². The summed E-state index contributed by atoms with van der Waals surface area (Å²) in [5.74, 6) is 2.59. The molecule has 0 saturated heterocycles. The van der Waals surface area contributed by atoms with Gasteiger partial charge in [-0.05, 0) is 18.1 Å². The zero-order valence-corrected chi connectivity index (χ0v) is 16.8. The molecule has 142 valence electrons. The van der Waals surface area contributed by atoms with Gasteiger partial charge in [0.2, 0.25) is 11.8 Å². The molecule has 0 unspecified atom stereocenters. The fourth-order valence-electron chi connectivity index (χ4n) is 2.33. The van der Waals surface area contributed by atoms with Gasteiger partial charge in [0.05, 0.1) is 22.4 Å². The second-order valence-electron chi connectivity index (χ2n) is 6.26. The summed E-state index contributed by atoms with van der Waals surface area (Å²) < 4.78 is 6.67. The van der Waals surface area contributed by atoms with Crippen LogP contribution in [0.5, 0.6) is 5.75 Å². The number of aryl methyl sites for hydroxylation is 1. The van der Waals surface area contributed by atoms with Gasteiger partial charge in [-0.25, -0.2) is 9.97 Å². The van der Waals surface area contributed by atoms with E-state index in [1.54, 1.807) is 36.3 Å². The van der Waals surface area contributed by atoms with Crippen molar-refractivity contribution in [3.63, 3.8) is 0 Å². The number of aromatic nitrogens is 2. The molecule has 0 aliphatic rings. The first kappa shape index (κ1) is 19.4. The van der Waals surface area contributed by atoms with Gasteiger partial charge >= 0.3 is 0 Å². The lowest BCUT2D eigenvalue weighted by Gasteiger charge is -2.04. The number of carbonyl (C=O) groups excluding carboxylic acids is 1. The number of para-hydroxylation sites is 1. The van der Waals surface area contributed by atoms with Crippen LogP contribution in [0.3, 0.4) is 0 Å². The molecule has 0 aliphatic carbocycles. The van der Waals surface area contributed by atoms with Crippen LogP contribution in [0.15, 0.2) is 45.3 Å². The third-order valence-electron chi connectivity index (χ3n) is 3.82. The molecule has 0 saturated carbocycles. The predicted molar refractivity (Wildman–Crippen MR) is 107 cm³/mol. The van der Waals surface area contributed by atoms with Gasteiger partial charge in [0.15, 0.2) is 5.13 Å². The normalized spacial score (nSPS) is 11.1. The molecular weight excluding hydrogens is 382 g/mol. The second kappa shape index (κ2) is 9.05. The van der Waals surface area contributed by atoms with Crippen LogP contribution in [0.2, 0.25) is 0 Å². The number of anilines is 1. The highest BCUT2D eigenvalue weighted by Gasteiger charge is 2.11. The number of rotatable bonds is 8. The van der Waals surface area contributed by atoms with Gasteiger partial charge in [-0.2, -0.15) is 0 Å². The molecule has 3 rings (SSSR count). The van der Waals surface area contributed by atoms with Gasteiger partial charge < -0.3 is 14.8 Å². The Morgan fingerprint density at radius 3 is 2.85 bits per heavy atom. The number of thiazole rings is 1. The van der Waals surface area contributed by atoms with E-state index >= 15 is 0 Å². The molecule has 2 N–H and O–H groups in total. The summed E-state index contributed by atoms with van der Waals surface area (Å²) in [7, 11) is 0. The number of hydrogen-bond donors (Lipinski definition) is 2. The molecule has 1 aromatic carbocycles. The number of oxazole rings is 1. The molecule has 0 bridgehead atoms. The molecule has 0 spiro atoms. The Kier molecular flexibility index (Phi) is 6.52. The second-order valence-corrected chi connectivity index (χ2v) is 8.57. The lowest BCUT2D eigenvalue weighted by molar-refractivity contribution is -0.116. The average molecular weight is 404 g/mol. The fourth-order valence-corrected chi connectivity index (χ4v) is 4.07. The third kappa shape index (κ3) is 5.58. The zero-order valence-electron chi connectivity index (χ0n) is 15.1. The highest BCUT2D eigenvalue weighted by molar-refractivity contribution is 8.00. The summed E-state index contributed by atoms with van der Waals surface area (Å²) in [6, 6.07) is 7.04. The Balaban J connectivity index is 1.47. The molecule has 6 nitrogen and oxygen atoms in total. The number of thioether (sulfide) groups is 1. The number of benzene rings is 1. The summed E-state index contributed by atoms with van der Waals surface area (Å²) in [6.07, 6.45) is 4.27. The summed E-state index contributed by atoms with van der Waals surface area (Å²) in [6.45, 7) is 4.13. The molecule has 3 aromatic rings. The first-order chi connectivity index (χ1) is 13.0. The molecule has 2 aromatic heterocycles. The first-order valence-electron chi connectivity index (χ1n) is 8.61. The topological polar surface area (TPSA) is 88.2 Å². The van der Waals surface area contributed by atoms with E-state index in [4.69, 9.17) is 4.42 Å². The summed E-state index contributed by atoms with van der Waals surface area (Å²) in [4.78, 5) is 20.6. The molecule has 27 heavy (non-hydrogen) atoms. The van der Waals surface area contributed by atoms with E-state index in [0.29, 0.717) is 29.1 Å². The Hall–Kier alpha value is -2.32. The maximum atomic E-state index is 12.1. The minimum Gasteiger partial charge on any atom is -0.508 e. The lowest BCUT2D eigenvalue weighted by Crippen LogP contribution is -2.12. The van der Waals surface area contributed by atoms with Crippen molar-refractivity contribution in [2.45, 2.75) is 42.6 Å². The maximum absolute atomic E-state index is 12.1. The number of phenols is 1.